The summed E-state index contributed by atoms with van der Waals surface area (Å²) in [5.74, 6) is -0.260. The molecule has 0 radical (unpaired) electrons. The van der Waals surface area contributed by atoms with Crippen molar-refractivity contribution in [2.24, 2.45) is 5.73 Å². The van der Waals surface area contributed by atoms with Gasteiger partial charge < -0.3 is 15.2 Å². The molecule has 1 fully saturated rings. The molecule has 1 aliphatic rings. The molecule has 134 valence electrons. The molecular formula is C16H17F3N4O2. The van der Waals surface area contributed by atoms with Crippen LogP contribution in [0.4, 0.5) is 13.2 Å². The molecule has 1 aromatic carbocycles. The first-order valence-corrected chi connectivity index (χ1v) is 7.83. The van der Waals surface area contributed by atoms with E-state index in [0.29, 0.717) is 18.8 Å². The van der Waals surface area contributed by atoms with Gasteiger partial charge in [0.15, 0.2) is 0 Å². The minimum Gasteiger partial charge on any atom is -0.339 e. The topological polar surface area (TPSA) is 85.2 Å². The van der Waals surface area contributed by atoms with Gasteiger partial charge in [-0.25, -0.2) is 0 Å². The third kappa shape index (κ3) is 4.16. The Bertz CT molecular complexity index is 743. The summed E-state index contributed by atoms with van der Waals surface area (Å²) in [6.07, 6.45) is -4.10. The zero-order valence-corrected chi connectivity index (χ0v) is 13.3. The van der Waals surface area contributed by atoms with Crippen molar-refractivity contribution in [1.29, 1.82) is 0 Å². The summed E-state index contributed by atoms with van der Waals surface area (Å²) >= 11 is 0. The molecule has 6 nitrogen and oxygen atoms in total. The van der Waals surface area contributed by atoms with E-state index in [-0.39, 0.29) is 24.8 Å². The van der Waals surface area contributed by atoms with Crippen LogP contribution in [0.3, 0.4) is 0 Å². The number of nitrogens with zero attached hydrogens (tertiary/aromatic N) is 3. The van der Waals surface area contributed by atoms with Crippen molar-refractivity contribution in [1.82, 2.24) is 15.0 Å². The third-order valence-electron chi connectivity index (χ3n) is 4.13. The molecule has 2 aromatic rings. The Labute approximate surface area is 141 Å². The van der Waals surface area contributed by atoms with Crippen LogP contribution >= 0.6 is 0 Å². The van der Waals surface area contributed by atoms with Crippen molar-refractivity contribution in [3.05, 3.63) is 35.7 Å². The average Bonchev–Trinajstić information content (AvgIpc) is 3.06. The fourth-order valence-electron chi connectivity index (χ4n) is 2.78. The monoisotopic (exact) mass is 354 g/mol. The van der Waals surface area contributed by atoms with E-state index in [1.807, 2.05) is 24.3 Å². The Morgan fingerprint density at radius 1 is 1.28 bits per heavy atom. The SMILES string of the molecule is NCc1ccc(-c2noc(C3CCN(CC(F)(F)F)C(=O)C3)n2)cc1. The highest BCUT2D eigenvalue weighted by Gasteiger charge is 2.37. The first-order chi connectivity index (χ1) is 11.9. The van der Waals surface area contributed by atoms with Gasteiger partial charge in [-0.1, -0.05) is 29.4 Å². The molecule has 1 saturated heterocycles. The van der Waals surface area contributed by atoms with Gasteiger partial charge in [0.25, 0.3) is 0 Å². The second-order valence-corrected chi connectivity index (χ2v) is 5.98. The number of hydrogen-bond acceptors (Lipinski definition) is 5. The number of aromatic nitrogens is 2. The predicted molar refractivity (Wildman–Crippen MR) is 82.2 cm³/mol. The molecule has 25 heavy (non-hydrogen) atoms. The normalized spacial score (nSPS) is 18.6. The second kappa shape index (κ2) is 6.83. The number of nitrogens with two attached hydrogens (primary N) is 1. The van der Waals surface area contributed by atoms with Gasteiger partial charge >= 0.3 is 6.18 Å². The molecule has 1 atom stereocenters. The first-order valence-electron chi connectivity index (χ1n) is 7.83. The first kappa shape index (κ1) is 17.4. The lowest BCUT2D eigenvalue weighted by Crippen LogP contribution is -2.43. The predicted octanol–water partition coefficient (Wildman–Crippen LogP) is 2.46. The van der Waals surface area contributed by atoms with Crippen LogP contribution in [-0.4, -0.2) is 40.2 Å². The highest BCUT2D eigenvalue weighted by Crippen LogP contribution is 2.30. The van der Waals surface area contributed by atoms with Gasteiger partial charge in [-0.2, -0.15) is 18.2 Å². The maximum Gasteiger partial charge on any atom is 0.406 e. The Morgan fingerprint density at radius 3 is 2.60 bits per heavy atom. The van der Waals surface area contributed by atoms with Crippen molar-refractivity contribution in [3.63, 3.8) is 0 Å². The fraction of sp³-hybridized carbons (Fsp3) is 0.438. The number of alkyl halides is 3. The lowest BCUT2D eigenvalue weighted by molar-refractivity contribution is -0.164. The highest BCUT2D eigenvalue weighted by molar-refractivity contribution is 5.78. The molecule has 0 bridgehead atoms. The van der Waals surface area contributed by atoms with Gasteiger partial charge in [0.1, 0.15) is 6.54 Å². The second-order valence-electron chi connectivity index (χ2n) is 5.98. The van der Waals surface area contributed by atoms with E-state index in [1.54, 1.807) is 0 Å². The van der Waals surface area contributed by atoms with E-state index < -0.39 is 18.6 Å². The summed E-state index contributed by atoms with van der Waals surface area (Å²) in [4.78, 5) is 17.0. The smallest absolute Gasteiger partial charge is 0.339 e. The van der Waals surface area contributed by atoms with Crippen molar-refractivity contribution < 1.29 is 22.5 Å². The number of carbonyl (C=O) groups is 1. The molecule has 1 aliphatic heterocycles. The van der Waals surface area contributed by atoms with Gasteiger partial charge in [-0.05, 0) is 12.0 Å². The Kier molecular flexibility index (Phi) is 4.76. The minimum atomic E-state index is -4.39. The van der Waals surface area contributed by atoms with E-state index in [4.69, 9.17) is 10.3 Å². The van der Waals surface area contributed by atoms with E-state index in [9.17, 15) is 18.0 Å². The van der Waals surface area contributed by atoms with Crippen molar-refractivity contribution in [2.45, 2.75) is 31.5 Å². The number of likely N-dealkylation sites (tertiary alicyclic amines) is 1. The minimum absolute atomic E-state index is 0.0198. The number of benzene rings is 1. The van der Waals surface area contributed by atoms with E-state index in [2.05, 4.69) is 10.1 Å². The van der Waals surface area contributed by atoms with Gasteiger partial charge in [-0.3, -0.25) is 4.79 Å². The van der Waals surface area contributed by atoms with Crippen LogP contribution in [0.25, 0.3) is 11.4 Å². The Morgan fingerprint density at radius 2 is 2.00 bits per heavy atom. The Balaban J connectivity index is 1.68. The van der Waals surface area contributed by atoms with Crippen LogP contribution in [0.5, 0.6) is 0 Å². The highest BCUT2D eigenvalue weighted by atomic mass is 19.4. The maximum atomic E-state index is 12.4. The largest absolute Gasteiger partial charge is 0.406 e. The Hall–Kier alpha value is -2.42. The lowest BCUT2D eigenvalue weighted by atomic mass is 9.96. The van der Waals surface area contributed by atoms with E-state index in [0.717, 1.165) is 16.0 Å². The van der Waals surface area contributed by atoms with Crippen LogP contribution in [0.1, 0.15) is 30.2 Å². The van der Waals surface area contributed by atoms with Crippen LogP contribution in [0.2, 0.25) is 0 Å². The zero-order chi connectivity index (χ0) is 18.0. The standard InChI is InChI=1S/C16H17F3N4O2/c17-16(18,19)9-23-6-5-12(7-13(23)24)15-21-14(22-25-15)11-3-1-10(8-20)2-4-11/h1-4,12H,5-9,20H2. The quantitative estimate of drug-likeness (QED) is 0.912. The summed E-state index contributed by atoms with van der Waals surface area (Å²) in [6.45, 7) is -0.774. The molecule has 1 unspecified atom stereocenters. The summed E-state index contributed by atoms with van der Waals surface area (Å²) in [5, 5.41) is 3.90. The summed E-state index contributed by atoms with van der Waals surface area (Å²) < 4.78 is 42.5. The number of rotatable bonds is 4. The van der Waals surface area contributed by atoms with Crippen molar-refractivity contribution in [2.75, 3.05) is 13.1 Å². The summed E-state index contributed by atoms with van der Waals surface area (Å²) in [7, 11) is 0. The molecule has 1 amide bonds. The molecular weight excluding hydrogens is 337 g/mol. The molecule has 2 heterocycles. The molecule has 0 spiro atoms. The van der Waals surface area contributed by atoms with Gasteiger partial charge in [0.2, 0.25) is 17.6 Å². The lowest BCUT2D eigenvalue weighted by Gasteiger charge is -2.30. The summed E-state index contributed by atoms with van der Waals surface area (Å²) in [5.41, 5.74) is 7.26. The van der Waals surface area contributed by atoms with Gasteiger partial charge in [0, 0.05) is 31.0 Å². The average molecular weight is 354 g/mol. The number of halogens is 3. The van der Waals surface area contributed by atoms with E-state index >= 15 is 0 Å². The third-order valence-corrected chi connectivity index (χ3v) is 4.13. The number of hydrogen-bond donors (Lipinski definition) is 1. The number of amides is 1. The van der Waals surface area contributed by atoms with Gasteiger partial charge in [-0.15, -0.1) is 0 Å². The number of piperidine rings is 1. The number of carbonyl (C=O) groups excluding carboxylic acids is 1. The molecule has 3 rings (SSSR count). The van der Waals surface area contributed by atoms with Crippen LogP contribution in [-0.2, 0) is 11.3 Å². The molecule has 9 heteroatoms. The van der Waals surface area contributed by atoms with Gasteiger partial charge in [0.05, 0.1) is 0 Å². The van der Waals surface area contributed by atoms with Crippen LogP contribution in [0.15, 0.2) is 28.8 Å². The zero-order valence-electron chi connectivity index (χ0n) is 13.3. The summed E-state index contributed by atoms with van der Waals surface area (Å²) in [6, 6.07) is 7.33. The van der Waals surface area contributed by atoms with E-state index in [1.165, 1.54) is 0 Å². The van der Waals surface area contributed by atoms with Crippen LogP contribution in [0, 0.1) is 0 Å². The van der Waals surface area contributed by atoms with Crippen molar-refractivity contribution in [3.8, 4) is 11.4 Å². The van der Waals surface area contributed by atoms with Crippen molar-refractivity contribution >= 4 is 5.91 Å². The maximum absolute atomic E-state index is 12.4. The molecule has 2 N–H and O–H groups in total. The molecule has 0 aliphatic carbocycles. The molecule has 0 saturated carbocycles. The molecule has 1 aromatic heterocycles. The fourth-order valence-corrected chi connectivity index (χ4v) is 2.78. The van der Waals surface area contributed by atoms with Crippen LogP contribution < -0.4 is 5.73 Å².